The summed E-state index contributed by atoms with van der Waals surface area (Å²) in [6, 6.07) is 12.8. The number of rotatable bonds is 7. The number of amides is 1. The molecule has 9 heteroatoms. The van der Waals surface area contributed by atoms with Gasteiger partial charge in [-0.3, -0.25) is 14.5 Å². The van der Waals surface area contributed by atoms with Gasteiger partial charge in [0.05, 0.1) is 7.11 Å². The minimum atomic E-state index is -0.0280. The zero-order chi connectivity index (χ0) is 21.0. The van der Waals surface area contributed by atoms with Gasteiger partial charge in [-0.25, -0.2) is 0 Å². The molecule has 0 atom stereocenters. The molecule has 0 aliphatic carbocycles. The van der Waals surface area contributed by atoms with Gasteiger partial charge in [-0.05, 0) is 54.2 Å². The van der Waals surface area contributed by atoms with E-state index < -0.39 is 0 Å². The highest BCUT2D eigenvalue weighted by atomic mass is 35.5. The molecule has 6 nitrogen and oxygen atoms in total. The van der Waals surface area contributed by atoms with Crippen LogP contribution in [0.1, 0.15) is 12.0 Å². The Labute approximate surface area is 184 Å². The third kappa shape index (κ3) is 5.18. The second-order valence-electron chi connectivity index (χ2n) is 6.47. The van der Waals surface area contributed by atoms with Crippen LogP contribution in [0.3, 0.4) is 0 Å². The molecule has 0 fully saturated rings. The largest absolute Gasteiger partial charge is 0.497 e. The number of carbonyl (C=O) groups excluding carboxylic acids is 1. The van der Waals surface area contributed by atoms with Crippen LogP contribution in [0.25, 0.3) is 11.4 Å². The highest BCUT2D eigenvalue weighted by molar-refractivity contribution is 7.71. The van der Waals surface area contributed by atoms with Crippen LogP contribution in [0.2, 0.25) is 10.0 Å². The number of carbonyl (C=O) groups is 1. The maximum Gasteiger partial charge on any atom is 0.224 e. The number of aromatic nitrogens is 3. The predicted molar refractivity (Wildman–Crippen MR) is 117 cm³/mol. The minimum Gasteiger partial charge on any atom is -0.497 e. The zero-order valence-electron chi connectivity index (χ0n) is 16.0. The summed E-state index contributed by atoms with van der Waals surface area (Å²) in [6.07, 6.45) is 0.276. The molecule has 0 aliphatic rings. The molecule has 1 N–H and O–H groups in total. The van der Waals surface area contributed by atoms with Crippen LogP contribution in [-0.4, -0.2) is 39.7 Å². The topological polar surface area (TPSA) is 63.1 Å². The number of ether oxygens (including phenoxy) is 1. The fourth-order valence-electron chi connectivity index (χ4n) is 2.88. The average molecular weight is 451 g/mol. The van der Waals surface area contributed by atoms with Crippen molar-refractivity contribution in [1.82, 2.24) is 19.7 Å². The molecule has 1 amide bonds. The molecule has 0 saturated carbocycles. The van der Waals surface area contributed by atoms with E-state index >= 15 is 0 Å². The Morgan fingerprint density at radius 3 is 2.62 bits per heavy atom. The van der Waals surface area contributed by atoms with Crippen molar-refractivity contribution in [3.63, 3.8) is 0 Å². The summed E-state index contributed by atoms with van der Waals surface area (Å²) in [5.74, 6) is 1.40. The van der Waals surface area contributed by atoms with Gasteiger partial charge in [-0.15, -0.1) is 0 Å². The first-order valence-electron chi connectivity index (χ1n) is 8.86. The molecule has 0 bridgehead atoms. The summed E-state index contributed by atoms with van der Waals surface area (Å²) >= 11 is 17.5. The highest BCUT2D eigenvalue weighted by Crippen LogP contribution is 2.23. The summed E-state index contributed by atoms with van der Waals surface area (Å²) in [7, 11) is 3.36. The molecule has 0 saturated heterocycles. The summed E-state index contributed by atoms with van der Waals surface area (Å²) in [4.78, 5) is 14.3. The predicted octanol–water partition coefficient (Wildman–Crippen LogP) is 4.97. The molecule has 2 aromatic carbocycles. The van der Waals surface area contributed by atoms with E-state index in [9.17, 15) is 4.79 Å². The molecule has 0 spiro atoms. The van der Waals surface area contributed by atoms with Crippen LogP contribution in [0.4, 0.5) is 0 Å². The quantitative estimate of drug-likeness (QED) is 0.515. The van der Waals surface area contributed by atoms with E-state index in [0.717, 1.165) is 16.9 Å². The Hall–Kier alpha value is -2.35. The smallest absolute Gasteiger partial charge is 0.224 e. The van der Waals surface area contributed by atoms with Gasteiger partial charge in [-0.2, -0.15) is 5.10 Å². The first-order valence-corrected chi connectivity index (χ1v) is 10.0. The fraction of sp³-hybridized carbons (Fsp3) is 0.250. The van der Waals surface area contributed by atoms with E-state index in [4.69, 9.17) is 40.2 Å². The number of benzene rings is 2. The number of nitrogens with one attached hydrogen (secondary N) is 1. The lowest BCUT2D eigenvalue weighted by molar-refractivity contribution is -0.130. The maximum absolute atomic E-state index is 12.6. The third-order valence-electron chi connectivity index (χ3n) is 4.50. The van der Waals surface area contributed by atoms with Crippen molar-refractivity contribution in [2.45, 2.75) is 19.5 Å². The van der Waals surface area contributed by atoms with Crippen LogP contribution in [0.15, 0.2) is 42.5 Å². The Morgan fingerprint density at radius 1 is 1.24 bits per heavy atom. The number of halogens is 2. The van der Waals surface area contributed by atoms with Crippen LogP contribution >= 0.6 is 35.4 Å². The number of aromatic amines is 1. The number of methoxy groups -OCH3 is 1. The number of hydrogen-bond donors (Lipinski definition) is 1. The standard InChI is InChI=1S/C20H20Cl2N4O2S/c1-25(12-14-3-6-15(21)11-17(14)22)18(27)9-10-26-19(23-24-20(26)29)13-4-7-16(28-2)8-5-13/h3-8,11H,9-10,12H2,1-2H3,(H,24,29). The molecular weight excluding hydrogens is 431 g/mol. The number of H-pyrrole nitrogens is 1. The average Bonchev–Trinajstić information content (AvgIpc) is 3.08. The van der Waals surface area contributed by atoms with Crippen molar-refractivity contribution >= 4 is 41.3 Å². The Kier molecular flexibility index (Phi) is 6.95. The summed E-state index contributed by atoms with van der Waals surface area (Å²) in [6.45, 7) is 0.811. The molecular formula is C20H20Cl2N4O2S. The lowest BCUT2D eigenvalue weighted by Gasteiger charge is -2.18. The molecule has 152 valence electrons. The minimum absolute atomic E-state index is 0.0280. The van der Waals surface area contributed by atoms with Crippen molar-refractivity contribution in [2.24, 2.45) is 0 Å². The van der Waals surface area contributed by atoms with Gasteiger partial charge in [0.15, 0.2) is 10.6 Å². The van der Waals surface area contributed by atoms with E-state index in [-0.39, 0.29) is 12.3 Å². The van der Waals surface area contributed by atoms with Gasteiger partial charge in [0.2, 0.25) is 5.91 Å². The van der Waals surface area contributed by atoms with Gasteiger partial charge in [0.1, 0.15) is 5.75 Å². The highest BCUT2D eigenvalue weighted by Gasteiger charge is 2.14. The van der Waals surface area contributed by atoms with E-state index in [1.54, 1.807) is 31.2 Å². The second-order valence-corrected chi connectivity index (χ2v) is 7.70. The molecule has 1 heterocycles. The van der Waals surface area contributed by atoms with Crippen molar-refractivity contribution in [3.8, 4) is 17.1 Å². The fourth-order valence-corrected chi connectivity index (χ4v) is 3.57. The molecule has 1 aromatic heterocycles. The van der Waals surface area contributed by atoms with Crippen molar-refractivity contribution < 1.29 is 9.53 Å². The summed E-state index contributed by atoms with van der Waals surface area (Å²) in [5, 5.41) is 8.20. The normalized spacial score (nSPS) is 10.8. The van der Waals surface area contributed by atoms with Gasteiger partial charge < -0.3 is 9.64 Å². The maximum atomic E-state index is 12.6. The molecule has 0 radical (unpaired) electrons. The lowest BCUT2D eigenvalue weighted by Crippen LogP contribution is -2.27. The van der Waals surface area contributed by atoms with Gasteiger partial charge in [0, 0.05) is 42.2 Å². The third-order valence-corrected chi connectivity index (χ3v) is 5.40. The molecule has 3 rings (SSSR count). The van der Waals surface area contributed by atoms with Gasteiger partial charge >= 0.3 is 0 Å². The number of hydrogen-bond acceptors (Lipinski definition) is 4. The van der Waals surface area contributed by atoms with E-state index in [2.05, 4.69) is 10.2 Å². The van der Waals surface area contributed by atoms with Crippen LogP contribution in [0.5, 0.6) is 5.75 Å². The van der Waals surface area contributed by atoms with E-state index in [0.29, 0.717) is 33.7 Å². The Balaban J connectivity index is 1.68. The first kappa shape index (κ1) is 21.4. The first-order chi connectivity index (χ1) is 13.9. The van der Waals surface area contributed by atoms with Gasteiger partial charge in [-0.1, -0.05) is 29.3 Å². The monoisotopic (exact) mass is 450 g/mol. The SMILES string of the molecule is COc1ccc(-c2n[nH]c(=S)n2CCC(=O)N(C)Cc2ccc(Cl)cc2Cl)cc1. The van der Waals surface area contributed by atoms with Gasteiger partial charge in [0.25, 0.3) is 0 Å². The van der Waals surface area contributed by atoms with Crippen LogP contribution in [-0.2, 0) is 17.9 Å². The summed E-state index contributed by atoms with van der Waals surface area (Å²) < 4.78 is 7.47. The molecule has 0 aliphatic heterocycles. The zero-order valence-corrected chi connectivity index (χ0v) is 18.3. The van der Waals surface area contributed by atoms with Crippen molar-refractivity contribution in [2.75, 3.05) is 14.2 Å². The number of nitrogens with zero attached hydrogens (tertiary/aromatic N) is 3. The Morgan fingerprint density at radius 2 is 1.97 bits per heavy atom. The van der Waals surface area contributed by atoms with E-state index in [1.807, 2.05) is 34.9 Å². The second kappa shape index (κ2) is 9.43. The van der Waals surface area contributed by atoms with Crippen LogP contribution < -0.4 is 4.74 Å². The molecule has 3 aromatic rings. The van der Waals surface area contributed by atoms with Crippen LogP contribution in [0, 0.1) is 4.77 Å². The molecule has 0 unspecified atom stereocenters. The molecule has 29 heavy (non-hydrogen) atoms. The van der Waals surface area contributed by atoms with Crippen molar-refractivity contribution in [3.05, 3.63) is 62.8 Å². The Bertz CT molecular complexity index is 1060. The summed E-state index contributed by atoms with van der Waals surface area (Å²) in [5.41, 5.74) is 1.72. The van der Waals surface area contributed by atoms with E-state index in [1.165, 1.54) is 0 Å². The van der Waals surface area contributed by atoms with Crippen molar-refractivity contribution in [1.29, 1.82) is 0 Å². The lowest BCUT2D eigenvalue weighted by atomic mass is 10.2.